The number of hydrogen-bond acceptors (Lipinski definition) is 3. The number of benzene rings is 2. The van der Waals surface area contributed by atoms with Gasteiger partial charge >= 0.3 is 0 Å². The van der Waals surface area contributed by atoms with Crippen molar-refractivity contribution in [3.63, 3.8) is 0 Å². The summed E-state index contributed by atoms with van der Waals surface area (Å²) in [5.74, 6) is 0.112. The third kappa shape index (κ3) is 5.07. The van der Waals surface area contributed by atoms with E-state index >= 15 is 0 Å². The summed E-state index contributed by atoms with van der Waals surface area (Å²) in [6.45, 7) is 6.30. The van der Waals surface area contributed by atoms with Crippen LogP contribution in [0.2, 0.25) is 0 Å². The molecule has 0 heterocycles. The second-order valence-corrected chi connectivity index (χ2v) is 7.21. The first-order valence-electron chi connectivity index (χ1n) is 8.54. The van der Waals surface area contributed by atoms with E-state index in [0.29, 0.717) is 6.54 Å². The number of phenolic OH excluding ortho intramolecular Hbond substituents is 1. The second-order valence-electron chi connectivity index (χ2n) is 7.21. The van der Waals surface area contributed by atoms with E-state index in [0.717, 1.165) is 16.7 Å². The minimum atomic E-state index is -0.350. The van der Waals surface area contributed by atoms with Gasteiger partial charge in [-0.25, -0.2) is 0 Å². The zero-order chi connectivity index (χ0) is 18.4. The smallest absolute Gasteiger partial charge is 0.224 e. The van der Waals surface area contributed by atoms with Crippen molar-refractivity contribution in [1.82, 2.24) is 5.32 Å². The highest BCUT2D eigenvalue weighted by atomic mass is 16.3. The average molecular weight is 341 g/mol. The Balaban J connectivity index is 2.04. The quantitative estimate of drug-likeness (QED) is 0.724. The van der Waals surface area contributed by atoms with Crippen LogP contribution in [0.25, 0.3) is 0 Å². The highest BCUT2D eigenvalue weighted by molar-refractivity contribution is 5.78. The molecule has 0 saturated carbocycles. The van der Waals surface area contributed by atoms with Gasteiger partial charge < -0.3 is 15.5 Å². The molecule has 4 heteroatoms. The molecular weight excluding hydrogens is 314 g/mol. The van der Waals surface area contributed by atoms with E-state index in [4.69, 9.17) is 0 Å². The number of carbonyl (C=O) groups excluding carboxylic acids is 1. The Morgan fingerprint density at radius 2 is 1.84 bits per heavy atom. The number of hydrogen-bond donors (Lipinski definition) is 3. The van der Waals surface area contributed by atoms with Gasteiger partial charge in [0, 0.05) is 19.1 Å². The maximum atomic E-state index is 12.3. The Morgan fingerprint density at radius 3 is 2.44 bits per heavy atom. The molecule has 0 radical (unpaired) electrons. The number of nitrogens with one attached hydrogen (secondary N) is 1. The van der Waals surface area contributed by atoms with E-state index in [1.807, 2.05) is 57.2 Å². The molecule has 0 bridgehead atoms. The van der Waals surface area contributed by atoms with Crippen LogP contribution in [0.3, 0.4) is 0 Å². The predicted octanol–water partition coefficient (Wildman–Crippen LogP) is 3.16. The molecule has 0 fully saturated rings. The van der Waals surface area contributed by atoms with Crippen LogP contribution in [0.4, 0.5) is 0 Å². The summed E-state index contributed by atoms with van der Waals surface area (Å²) in [5.41, 5.74) is 2.31. The van der Waals surface area contributed by atoms with Crippen LogP contribution in [0.15, 0.2) is 48.5 Å². The van der Waals surface area contributed by atoms with Crippen LogP contribution < -0.4 is 5.32 Å². The first kappa shape index (κ1) is 19.0. The number of aliphatic hydroxyl groups excluding tert-OH is 1. The van der Waals surface area contributed by atoms with Crippen molar-refractivity contribution in [3.8, 4) is 5.75 Å². The van der Waals surface area contributed by atoms with Crippen molar-refractivity contribution < 1.29 is 15.0 Å². The van der Waals surface area contributed by atoms with Crippen molar-refractivity contribution in [1.29, 1.82) is 0 Å². The molecule has 0 saturated heterocycles. The predicted molar refractivity (Wildman–Crippen MR) is 99.6 cm³/mol. The molecule has 4 nitrogen and oxygen atoms in total. The van der Waals surface area contributed by atoms with Gasteiger partial charge in [-0.2, -0.15) is 0 Å². The van der Waals surface area contributed by atoms with Crippen molar-refractivity contribution in [2.24, 2.45) is 5.41 Å². The highest BCUT2D eigenvalue weighted by Crippen LogP contribution is 2.34. The second kappa shape index (κ2) is 8.17. The Morgan fingerprint density at radius 1 is 1.16 bits per heavy atom. The average Bonchev–Trinajstić information content (AvgIpc) is 2.59. The number of carbonyl (C=O) groups is 1. The van der Waals surface area contributed by atoms with Gasteiger partial charge in [0.2, 0.25) is 5.91 Å². The number of aryl methyl sites for hydroxylation is 1. The topological polar surface area (TPSA) is 69.6 Å². The number of amides is 1. The van der Waals surface area contributed by atoms with E-state index in [-0.39, 0.29) is 36.0 Å². The summed E-state index contributed by atoms with van der Waals surface area (Å²) in [7, 11) is 0. The van der Waals surface area contributed by atoms with Crippen molar-refractivity contribution in [2.45, 2.75) is 33.1 Å². The summed E-state index contributed by atoms with van der Waals surface area (Å²) in [5, 5.41) is 22.5. The number of aromatic hydroxyl groups is 1. The molecule has 0 aliphatic rings. The van der Waals surface area contributed by atoms with E-state index < -0.39 is 0 Å². The monoisotopic (exact) mass is 341 g/mol. The lowest BCUT2D eigenvalue weighted by molar-refractivity contribution is -0.120. The third-order valence-corrected chi connectivity index (χ3v) is 4.69. The highest BCUT2D eigenvalue weighted by Gasteiger charge is 2.30. The maximum Gasteiger partial charge on any atom is 0.224 e. The molecule has 3 N–H and O–H groups in total. The fraction of sp³-hybridized carbons (Fsp3) is 0.381. The van der Waals surface area contributed by atoms with Crippen LogP contribution in [-0.2, 0) is 11.2 Å². The summed E-state index contributed by atoms with van der Waals surface area (Å²) < 4.78 is 0. The maximum absolute atomic E-state index is 12.3. The van der Waals surface area contributed by atoms with Crippen LogP contribution in [0, 0.1) is 12.3 Å². The molecule has 1 atom stereocenters. The van der Waals surface area contributed by atoms with Gasteiger partial charge in [0.1, 0.15) is 5.75 Å². The van der Waals surface area contributed by atoms with Crippen molar-refractivity contribution in [2.75, 3.05) is 13.2 Å². The summed E-state index contributed by atoms with van der Waals surface area (Å²) in [4.78, 5) is 12.3. The minimum absolute atomic E-state index is 0.00840. The van der Waals surface area contributed by atoms with Gasteiger partial charge in [0.05, 0.1) is 6.42 Å². The summed E-state index contributed by atoms with van der Waals surface area (Å²) >= 11 is 0. The van der Waals surface area contributed by atoms with Crippen LogP contribution in [-0.4, -0.2) is 29.3 Å². The van der Waals surface area contributed by atoms with Gasteiger partial charge in [-0.3, -0.25) is 4.79 Å². The molecular formula is C21H27NO3. The molecule has 25 heavy (non-hydrogen) atoms. The Kier molecular flexibility index (Phi) is 6.21. The van der Waals surface area contributed by atoms with Crippen LogP contribution >= 0.6 is 0 Å². The zero-order valence-corrected chi connectivity index (χ0v) is 15.1. The molecule has 0 aromatic heterocycles. The van der Waals surface area contributed by atoms with Gasteiger partial charge in [-0.15, -0.1) is 0 Å². The Bertz CT molecular complexity index is 710. The molecule has 1 unspecified atom stereocenters. The number of aliphatic hydroxyl groups is 1. The van der Waals surface area contributed by atoms with E-state index in [1.165, 1.54) is 0 Å². The minimum Gasteiger partial charge on any atom is -0.508 e. The summed E-state index contributed by atoms with van der Waals surface area (Å²) in [6.07, 6.45) is 0.217. The Labute approximate surface area is 149 Å². The van der Waals surface area contributed by atoms with E-state index in [9.17, 15) is 15.0 Å². The van der Waals surface area contributed by atoms with Gasteiger partial charge in [0.25, 0.3) is 0 Å². The van der Waals surface area contributed by atoms with Crippen LogP contribution in [0.1, 0.15) is 36.5 Å². The molecule has 1 amide bonds. The number of phenols is 1. The normalized spacial score (nSPS) is 12.6. The fourth-order valence-electron chi connectivity index (χ4n) is 2.87. The SMILES string of the molecule is Cc1ccc(CC(=O)NCC(c2ccccc2)C(C)(C)CO)cc1O. The standard InChI is InChI=1S/C21H27NO3/c1-15-9-10-16(11-19(15)24)12-20(25)22-13-18(21(2,3)14-23)17-7-5-4-6-8-17/h4-11,18,23-24H,12-14H2,1-3H3,(H,22,25). The van der Waals surface area contributed by atoms with Gasteiger partial charge in [-0.1, -0.05) is 56.3 Å². The first-order valence-corrected chi connectivity index (χ1v) is 8.54. The fourth-order valence-corrected chi connectivity index (χ4v) is 2.87. The molecule has 2 aromatic carbocycles. The van der Waals surface area contributed by atoms with Crippen LogP contribution in [0.5, 0.6) is 5.75 Å². The molecule has 0 spiro atoms. The Hall–Kier alpha value is -2.33. The molecule has 134 valence electrons. The molecule has 2 rings (SSSR count). The lowest BCUT2D eigenvalue weighted by atomic mass is 9.75. The van der Waals surface area contributed by atoms with E-state index in [1.54, 1.807) is 12.1 Å². The lowest BCUT2D eigenvalue weighted by Gasteiger charge is -2.33. The van der Waals surface area contributed by atoms with Gasteiger partial charge in [-0.05, 0) is 35.1 Å². The molecule has 0 aliphatic carbocycles. The van der Waals surface area contributed by atoms with E-state index in [2.05, 4.69) is 5.32 Å². The number of rotatable bonds is 7. The lowest BCUT2D eigenvalue weighted by Crippen LogP contribution is -2.37. The van der Waals surface area contributed by atoms with Crippen molar-refractivity contribution in [3.05, 3.63) is 65.2 Å². The molecule has 2 aromatic rings. The largest absolute Gasteiger partial charge is 0.508 e. The molecule has 0 aliphatic heterocycles. The zero-order valence-electron chi connectivity index (χ0n) is 15.1. The van der Waals surface area contributed by atoms with Gasteiger partial charge in [0.15, 0.2) is 0 Å². The van der Waals surface area contributed by atoms with Crippen molar-refractivity contribution >= 4 is 5.91 Å². The third-order valence-electron chi connectivity index (χ3n) is 4.69. The first-order chi connectivity index (χ1) is 11.8. The summed E-state index contributed by atoms with van der Waals surface area (Å²) in [6, 6.07) is 15.2.